The Labute approximate surface area is 234 Å². The van der Waals surface area contributed by atoms with E-state index < -0.39 is 8.07 Å². The van der Waals surface area contributed by atoms with Gasteiger partial charge in [-0.1, -0.05) is 43.9 Å². The average Bonchev–Trinajstić information content (AvgIpc) is 3.42. The van der Waals surface area contributed by atoms with Gasteiger partial charge in [-0.3, -0.25) is 14.6 Å². The number of benzene rings is 2. The number of carbonyl (C=O) groups excluding carboxylic acids is 2. The molecule has 0 fully saturated rings. The van der Waals surface area contributed by atoms with E-state index in [1.807, 2.05) is 65.4 Å². The molecule has 3 heterocycles. The highest BCUT2D eigenvalue weighted by molar-refractivity contribution is 6.76. The van der Waals surface area contributed by atoms with E-state index in [-0.39, 0.29) is 11.8 Å². The predicted octanol–water partition coefficient (Wildman–Crippen LogP) is 6.37. The van der Waals surface area contributed by atoms with Crippen LogP contribution in [0.25, 0.3) is 34.7 Å². The molecule has 204 valence electrons. The van der Waals surface area contributed by atoms with Gasteiger partial charge < -0.3 is 15.4 Å². The van der Waals surface area contributed by atoms with Gasteiger partial charge in [-0.05, 0) is 59.7 Å². The summed E-state index contributed by atoms with van der Waals surface area (Å²) < 4.78 is 7.93. The van der Waals surface area contributed by atoms with Crippen molar-refractivity contribution in [2.24, 2.45) is 0 Å². The van der Waals surface area contributed by atoms with Crippen LogP contribution in [0.4, 0.5) is 11.4 Å². The molecular weight excluding hydrogens is 518 g/mol. The van der Waals surface area contributed by atoms with E-state index in [2.05, 4.69) is 35.3 Å². The Kier molecular flexibility index (Phi) is 7.77. The van der Waals surface area contributed by atoms with Crippen molar-refractivity contribution in [2.45, 2.75) is 39.3 Å². The van der Waals surface area contributed by atoms with Gasteiger partial charge in [0.05, 0.1) is 22.6 Å². The Bertz CT molecular complexity index is 1630. The Balaban J connectivity index is 1.50. The van der Waals surface area contributed by atoms with E-state index in [0.29, 0.717) is 30.3 Å². The molecule has 4 aromatic rings. The number of ether oxygens (including phenoxy) is 1. The Morgan fingerprint density at radius 2 is 1.88 bits per heavy atom. The van der Waals surface area contributed by atoms with E-state index in [4.69, 9.17) is 9.84 Å². The lowest BCUT2D eigenvalue weighted by molar-refractivity contribution is -0.114. The second kappa shape index (κ2) is 11.4. The van der Waals surface area contributed by atoms with Crippen molar-refractivity contribution in [2.75, 3.05) is 17.2 Å². The monoisotopic (exact) mass is 551 g/mol. The number of nitrogens with one attached hydrogen (secondary N) is 2. The van der Waals surface area contributed by atoms with Crippen molar-refractivity contribution in [3.63, 3.8) is 0 Å². The Morgan fingerprint density at radius 1 is 1.07 bits per heavy atom. The van der Waals surface area contributed by atoms with Crippen LogP contribution in [0.2, 0.25) is 25.7 Å². The SMILES string of the molecule is CC(=O)Nc1cccc2c1NC(=O)C2=Cc1ccc2c(C=Cc3ccncc3)nn(COCC[Si](C)(C)C)c2c1. The van der Waals surface area contributed by atoms with Crippen LogP contribution in [0.3, 0.4) is 0 Å². The highest BCUT2D eigenvalue weighted by Gasteiger charge is 2.26. The minimum atomic E-state index is -1.21. The van der Waals surface area contributed by atoms with Crippen LogP contribution in [0, 0.1) is 0 Å². The van der Waals surface area contributed by atoms with Crippen molar-refractivity contribution >= 4 is 66.0 Å². The highest BCUT2D eigenvalue weighted by Crippen LogP contribution is 2.38. The van der Waals surface area contributed by atoms with Crippen LogP contribution in [0.1, 0.15) is 29.3 Å². The normalized spacial score (nSPS) is 14.2. The zero-order chi connectivity index (χ0) is 28.3. The molecule has 0 saturated heterocycles. The van der Waals surface area contributed by atoms with E-state index in [1.165, 1.54) is 6.92 Å². The zero-order valence-corrected chi connectivity index (χ0v) is 24.2. The van der Waals surface area contributed by atoms with Crippen LogP contribution < -0.4 is 10.6 Å². The summed E-state index contributed by atoms with van der Waals surface area (Å²) in [6.45, 7) is 9.47. The second-order valence-corrected chi connectivity index (χ2v) is 16.7. The first kappa shape index (κ1) is 27.2. The molecule has 1 aliphatic rings. The standard InChI is InChI=1S/C31H33N5O3Si/c1-21(37)33-28-7-5-6-24-26(31(38)34-30(24)28)18-23-8-10-25-27(11-9-22-12-14-32-15-13-22)35-36(29(25)19-23)20-39-16-17-40(2,3)4/h5-15,18-19H,16-17,20H2,1-4H3,(H,33,37)(H,34,38). The topological polar surface area (TPSA) is 98.1 Å². The van der Waals surface area contributed by atoms with Crippen molar-refractivity contribution in [3.8, 4) is 0 Å². The van der Waals surface area contributed by atoms with Crippen molar-refractivity contribution < 1.29 is 14.3 Å². The summed E-state index contributed by atoms with van der Waals surface area (Å²) in [6.07, 6.45) is 9.41. The lowest BCUT2D eigenvalue weighted by Crippen LogP contribution is -2.22. The Hall–Kier alpha value is -4.34. The summed E-state index contributed by atoms with van der Waals surface area (Å²) in [7, 11) is -1.21. The molecule has 2 amide bonds. The van der Waals surface area contributed by atoms with E-state index in [9.17, 15) is 9.59 Å². The van der Waals surface area contributed by atoms with Gasteiger partial charge in [0, 0.05) is 50.5 Å². The molecule has 0 saturated carbocycles. The van der Waals surface area contributed by atoms with E-state index >= 15 is 0 Å². The molecule has 2 aromatic heterocycles. The first-order valence-corrected chi connectivity index (χ1v) is 17.0. The summed E-state index contributed by atoms with van der Waals surface area (Å²) in [5.41, 5.74) is 6.14. The molecule has 5 rings (SSSR count). The lowest BCUT2D eigenvalue weighted by Gasteiger charge is -2.15. The van der Waals surface area contributed by atoms with Gasteiger partial charge >= 0.3 is 0 Å². The molecule has 2 N–H and O–H groups in total. The van der Waals surface area contributed by atoms with E-state index in [1.54, 1.807) is 18.5 Å². The quantitative estimate of drug-likeness (QED) is 0.143. The maximum absolute atomic E-state index is 12.9. The number of hydrogen-bond acceptors (Lipinski definition) is 5. The smallest absolute Gasteiger partial charge is 0.256 e. The molecule has 0 aliphatic carbocycles. The van der Waals surface area contributed by atoms with Gasteiger partial charge in [-0.2, -0.15) is 5.10 Å². The number of pyridine rings is 1. The van der Waals surface area contributed by atoms with Crippen LogP contribution in [0.15, 0.2) is 60.9 Å². The largest absolute Gasteiger partial charge is 0.360 e. The molecule has 40 heavy (non-hydrogen) atoms. The number of para-hydroxylation sites is 1. The minimum absolute atomic E-state index is 0.195. The third-order valence-corrected chi connectivity index (χ3v) is 8.32. The fourth-order valence-electron chi connectivity index (χ4n) is 4.53. The number of hydrogen-bond donors (Lipinski definition) is 2. The number of rotatable bonds is 9. The molecule has 0 unspecified atom stereocenters. The number of fused-ring (bicyclic) bond motifs is 2. The summed E-state index contributed by atoms with van der Waals surface area (Å²) in [5.74, 6) is -0.406. The molecule has 0 bridgehead atoms. The molecule has 1 aliphatic heterocycles. The first-order chi connectivity index (χ1) is 19.2. The maximum Gasteiger partial charge on any atom is 0.256 e. The molecule has 2 aromatic carbocycles. The summed E-state index contributed by atoms with van der Waals surface area (Å²) in [4.78, 5) is 28.7. The maximum atomic E-state index is 12.9. The molecule has 9 heteroatoms. The molecule has 8 nitrogen and oxygen atoms in total. The zero-order valence-electron chi connectivity index (χ0n) is 23.2. The third-order valence-electron chi connectivity index (χ3n) is 6.61. The minimum Gasteiger partial charge on any atom is -0.360 e. The number of anilines is 2. The molecule has 0 radical (unpaired) electrons. The third kappa shape index (κ3) is 6.27. The van der Waals surface area contributed by atoms with Gasteiger partial charge in [-0.15, -0.1) is 0 Å². The van der Waals surface area contributed by atoms with Crippen molar-refractivity contribution in [1.29, 1.82) is 0 Å². The van der Waals surface area contributed by atoms with Gasteiger partial charge in [0.15, 0.2) is 0 Å². The van der Waals surface area contributed by atoms with Crippen LogP contribution in [0.5, 0.6) is 0 Å². The van der Waals surface area contributed by atoms with Gasteiger partial charge in [0.1, 0.15) is 6.73 Å². The number of amides is 2. The highest BCUT2D eigenvalue weighted by atomic mass is 28.3. The molecular formula is C31H33N5O3Si. The van der Waals surface area contributed by atoms with Gasteiger partial charge in [0.25, 0.3) is 5.91 Å². The average molecular weight is 552 g/mol. The lowest BCUT2D eigenvalue weighted by atomic mass is 10.0. The summed E-state index contributed by atoms with van der Waals surface area (Å²) in [5, 5.41) is 11.5. The molecule has 0 atom stereocenters. The predicted molar refractivity (Wildman–Crippen MR) is 164 cm³/mol. The van der Waals surface area contributed by atoms with Gasteiger partial charge in [0.2, 0.25) is 5.91 Å². The number of aromatic nitrogens is 3. The second-order valence-electron chi connectivity index (χ2n) is 11.0. The van der Waals surface area contributed by atoms with Crippen LogP contribution >= 0.6 is 0 Å². The number of nitrogens with zero attached hydrogens (tertiary/aromatic N) is 3. The Morgan fingerprint density at radius 3 is 2.62 bits per heavy atom. The van der Waals surface area contributed by atoms with Crippen molar-refractivity contribution in [1.82, 2.24) is 14.8 Å². The molecule has 0 spiro atoms. The number of carbonyl (C=O) groups is 2. The summed E-state index contributed by atoms with van der Waals surface area (Å²) >= 11 is 0. The fourth-order valence-corrected chi connectivity index (χ4v) is 5.28. The summed E-state index contributed by atoms with van der Waals surface area (Å²) in [6, 6.07) is 16.5. The van der Waals surface area contributed by atoms with Crippen LogP contribution in [-0.2, 0) is 21.1 Å². The van der Waals surface area contributed by atoms with Crippen LogP contribution in [-0.4, -0.2) is 41.3 Å². The van der Waals surface area contributed by atoms with Gasteiger partial charge in [-0.25, -0.2) is 4.68 Å². The van der Waals surface area contributed by atoms with Crippen molar-refractivity contribution in [3.05, 3.63) is 83.3 Å². The fraction of sp³-hybridized carbons (Fsp3) is 0.226. The van der Waals surface area contributed by atoms with E-state index in [0.717, 1.165) is 39.3 Å². The first-order valence-electron chi connectivity index (χ1n) is 13.3.